The van der Waals surface area contributed by atoms with Crippen molar-refractivity contribution in [3.8, 4) is 0 Å². The van der Waals surface area contributed by atoms with Crippen molar-refractivity contribution >= 4 is 0 Å². The zero-order chi connectivity index (χ0) is 13.5. The van der Waals surface area contributed by atoms with Crippen molar-refractivity contribution in [1.29, 1.82) is 0 Å². The lowest BCUT2D eigenvalue weighted by Gasteiger charge is -2.62. The lowest BCUT2D eigenvalue weighted by molar-refractivity contribution is -0.175. The Kier molecular flexibility index (Phi) is 3.92. The number of hydrogen-bond acceptors (Lipinski definition) is 2. The molecule has 1 spiro atoms. The summed E-state index contributed by atoms with van der Waals surface area (Å²) in [6, 6.07) is 1.52. The first-order chi connectivity index (χ1) is 9.21. The van der Waals surface area contributed by atoms with Gasteiger partial charge in [0.1, 0.15) is 0 Å². The van der Waals surface area contributed by atoms with Crippen molar-refractivity contribution in [1.82, 2.24) is 5.32 Å². The van der Waals surface area contributed by atoms with Gasteiger partial charge in [0.15, 0.2) is 0 Å². The predicted octanol–water partition coefficient (Wildman–Crippen LogP) is 3.75. The molecular weight excluding hydrogens is 234 g/mol. The molecule has 3 fully saturated rings. The molecule has 110 valence electrons. The van der Waals surface area contributed by atoms with Crippen LogP contribution in [0.25, 0.3) is 0 Å². The largest absolute Gasteiger partial charge is 0.378 e. The standard InChI is InChI=1S/C17H31NO/c1-4-13-7-8-14(12(13)3)18-15-11-16(19-5-2)17(15)9-6-10-17/h12-16,18H,4-11H2,1-3H3. The first-order valence-corrected chi connectivity index (χ1v) is 8.59. The third-order valence-electron chi connectivity index (χ3n) is 6.60. The SMILES string of the molecule is CCOC1CC(NC2CCC(CC)C2C)C12CCC2. The normalized spacial score (nSPS) is 44.1. The molecule has 3 saturated carbocycles. The minimum atomic E-state index is 0.528. The second-order valence-corrected chi connectivity index (χ2v) is 7.20. The Hall–Kier alpha value is -0.0800. The highest BCUT2D eigenvalue weighted by molar-refractivity contribution is 5.13. The lowest BCUT2D eigenvalue weighted by atomic mass is 9.51. The van der Waals surface area contributed by atoms with E-state index in [4.69, 9.17) is 4.74 Å². The van der Waals surface area contributed by atoms with Crippen molar-refractivity contribution in [2.75, 3.05) is 6.61 Å². The zero-order valence-corrected chi connectivity index (χ0v) is 13.0. The van der Waals surface area contributed by atoms with Gasteiger partial charge >= 0.3 is 0 Å². The molecule has 19 heavy (non-hydrogen) atoms. The summed E-state index contributed by atoms with van der Waals surface area (Å²) < 4.78 is 5.96. The maximum atomic E-state index is 5.96. The van der Waals surface area contributed by atoms with Gasteiger partial charge in [0.2, 0.25) is 0 Å². The van der Waals surface area contributed by atoms with Gasteiger partial charge in [-0.2, -0.15) is 0 Å². The van der Waals surface area contributed by atoms with E-state index in [-0.39, 0.29) is 0 Å². The number of ether oxygens (including phenoxy) is 1. The summed E-state index contributed by atoms with van der Waals surface area (Å²) in [5, 5.41) is 4.03. The summed E-state index contributed by atoms with van der Waals surface area (Å²) in [6.45, 7) is 7.84. The van der Waals surface area contributed by atoms with Gasteiger partial charge in [-0.15, -0.1) is 0 Å². The van der Waals surface area contributed by atoms with Crippen molar-refractivity contribution in [2.45, 2.75) is 83.9 Å². The van der Waals surface area contributed by atoms with E-state index in [0.717, 1.165) is 30.5 Å². The summed E-state index contributed by atoms with van der Waals surface area (Å²) in [4.78, 5) is 0. The van der Waals surface area contributed by atoms with E-state index in [0.29, 0.717) is 11.5 Å². The fraction of sp³-hybridized carbons (Fsp3) is 1.00. The van der Waals surface area contributed by atoms with Gasteiger partial charge < -0.3 is 10.1 Å². The van der Waals surface area contributed by atoms with Gasteiger partial charge in [-0.1, -0.05) is 26.7 Å². The molecule has 0 aromatic carbocycles. The molecule has 0 aliphatic heterocycles. The average molecular weight is 265 g/mol. The first-order valence-electron chi connectivity index (χ1n) is 8.59. The summed E-state index contributed by atoms with van der Waals surface area (Å²) in [5.41, 5.74) is 0.528. The molecule has 1 N–H and O–H groups in total. The van der Waals surface area contributed by atoms with E-state index in [1.54, 1.807) is 0 Å². The van der Waals surface area contributed by atoms with Crippen molar-refractivity contribution < 1.29 is 4.74 Å². The smallest absolute Gasteiger partial charge is 0.0661 e. The van der Waals surface area contributed by atoms with Crippen LogP contribution in [0.4, 0.5) is 0 Å². The van der Waals surface area contributed by atoms with E-state index in [9.17, 15) is 0 Å². The first kappa shape index (κ1) is 13.9. The van der Waals surface area contributed by atoms with Crippen molar-refractivity contribution in [3.05, 3.63) is 0 Å². The van der Waals surface area contributed by atoms with Crippen molar-refractivity contribution in [3.63, 3.8) is 0 Å². The Morgan fingerprint density at radius 1 is 1.21 bits per heavy atom. The highest BCUT2D eigenvalue weighted by Crippen LogP contribution is 2.57. The second kappa shape index (κ2) is 5.37. The molecule has 0 heterocycles. The number of hydrogen-bond donors (Lipinski definition) is 1. The van der Waals surface area contributed by atoms with Gasteiger partial charge in [-0.05, 0) is 50.9 Å². The van der Waals surface area contributed by atoms with Crippen LogP contribution in [0.1, 0.15) is 65.7 Å². The van der Waals surface area contributed by atoms with Crippen LogP contribution >= 0.6 is 0 Å². The molecular formula is C17H31NO. The molecule has 0 radical (unpaired) electrons. The predicted molar refractivity (Wildman–Crippen MR) is 79.2 cm³/mol. The van der Waals surface area contributed by atoms with Crippen LogP contribution in [0.3, 0.4) is 0 Å². The Bertz CT molecular complexity index is 312. The van der Waals surface area contributed by atoms with Gasteiger partial charge in [-0.25, -0.2) is 0 Å². The molecule has 0 amide bonds. The van der Waals surface area contributed by atoms with Crippen LogP contribution in [0.15, 0.2) is 0 Å². The second-order valence-electron chi connectivity index (χ2n) is 7.20. The zero-order valence-electron chi connectivity index (χ0n) is 13.0. The monoisotopic (exact) mass is 265 g/mol. The third-order valence-corrected chi connectivity index (χ3v) is 6.60. The molecule has 0 aromatic heterocycles. The van der Waals surface area contributed by atoms with Crippen LogP contribution < -0.4 is 5.32 Å². The van der Waals surface area contributed by atoms with Crippen molar-refractivity contribution in [2.24, 2.45) is 17.3 Å². The highest BCUT2D eigenvalue weighted by Gasteiger charge is 2.59. The minimum Gasteiger partial charge on any atom is -0.378 e. The molecule has 2 heteroatoms. The number of nitrogens with one attached hydrogen (secondary N) is 1. The quantitative estimate of drug-likeness (QED) is 0.817. The van der Waals surface area contributed by atoms with Gasteiger partial charge in [0, 0.05) is 24.1 Å². The topological polar surface area (TPSA) is 21.3 Å². The van der Waals surface area contributed by atoms with Crippen LogP contribution in [0.5, 0.6) is 0 Å². The van der Waals surface area contributed by atoms with Crippen LogP contribution in [0, 0.1) is 17.3 Å². The Labute approximate surface area is 118 Å². The van der Waals surface area contributed by atoms with E-state index in [1.807, 2.05) is 0 Å². The average Bonchev–Trinajstić information content (AvgIpc) is 2.67. The van der Waals surface area contributed by atoms with Crippen LogP contribution in [0.2, 0.25) is 0 Å². The molecule has 0 saturated heterocycles. The molecule has 3 aliphatic rings. The summed E-state index contributed by atoms with van der Waals surface area (Å²) in [7, 11) is 0. The Morgan fingerprint density at radius 2 is 2.00 bits per heavy atom. The fourth-order valence-electron chi connectivity index (χ4n) is 4.99. The van der Waals surface area contributed by atoms with Crippen LogP contribution in [-0.4, -0.2) is 24.8 Å². The van der Waals surface area contributed by atoms with Gasteiger partial charge in [0.05, 0.1) is 6.10 Å². The molecule has 2 nitrogen and oxygen atoms in total. The van der Waals surface area contributed by atoms with E-state index >= 15 is 0 Å². The molecule has 3 rings (SSSR count). The minimum absolute atomic E-state index is 0.528. The lowest BCUT2D eigenvalue weighted by Crippen LogP contribution is -2.68. The summed E-state index contributed by atoms with van der Waals surface area (Å²) >= 11 is 0. The third kappa shape index (κ3) is 2.15. The molecule has 0 aromatic rings. The number of rotatable bonds is 5. The van der Waals surface area contributed by atoms with Gasteiger partial charge in [0.25, 0.3) is 0 Å². The maximum absolute atomic E-state index is 5.96. The summed E-state index contributed by atoms with van der Waals surface area (Å²) in [5.74, 6) is 1.82. The van der Waals surface area contributed by atoms with E-state index < -0.39 is 0 Å². The molecule has 3 aliphatic carbocycles. The van der Waals surface area contributed by atoms with E-state index in [2.05, 4.69) is 26.1 Å². The fourth-order valence-corrected chi connectivity index (χ4v) is 4.99. The Morgan fingerprint density at radius 3 is 2.53 bits per heavy atom. The Balaban J connectivity index is 1.57. The van der Waals surface area contributed by atoms with E-state index in [1.165, 1.54) is 44.9 Å². The molecule has 5 atom stereocenters. The van der Waals surface area contributed by atoms with Gasteiger partial charge in [-0.3, -0.25) is 0 Å². The summed E-state index contributed by atoms with van der Waals surface area (Å²) in [6.07, 6.45) is 10.2. The highest BCUT2D eigenvalue weighted by atomic mass is 16.5. The van der Waals surface area contributed by atoms with Crippen LogP contribution in [-0.2, 0) is 4.74 Å². The molecule has 0 bridgehead atoms. The maximum Gasteiger partial charge on any atom is 0.0661 e. The molecule has 5 unspecified atom stereocenters.